The summed E-state index contributed by atoms with van der Waals surface area (Å²) in [6, 6.07) is 0. The third-order valence-corrected chi connectivity index (χ3v) is 3.44. The maximum atomic E-state index is 11.5. The highest BCUT2D eigenvalue weighted by Gasteiger charge is 2.12. The van der Waals surface area contributed by atoms with Crippen molar-refractivity contribution < 1.29 is 34.8 Å². The minimum absolute atomic E-state index is 0.0798. The van der Waals surface area contributed by atoms with Crippen LogP contribution in [0, 0.1) is 0 Å². The molecule has 1 atom stereocenters. The zero-order chi connectivity index (χ0) is 17.9. The van der Waals surface area contributed by atoms with Crippen molar-refractivity contribution in [3.8, 4) is 0 Å². The first-order valence-electron chi connectivity index (χ1n) is 8.51. The molecule has 0 spiro atoms. The average molecular weight is 349 g/mol. The zero-order valence-corrected chi connectivity index (χ0v) is 14.3. The maximum Gasteiger partial charge on any atom is 0.307 e. The Morgan fingerprint density at radius 1 is 1.08 bits per heavy atom. The predicted octanol–water partition coefficient (Wildman–Crippen LogP) is 3.23. The fourth-order valence-electron chi connectivity index (χ4n) is 2.26. The molecular formula is C16H31NO7. The summed E-state index contributed by atoms with van der Waals surface area (Å²) in [5.41, 5.74) is 5.34. The Morgan fingerprint density at radius 2 is 1.75 bits per heavy atom. The molecule has 8 nitrogen and oxygen atoms in total. The van der Waals surface area contributed by atoms with Gasteiger partial charge in [-0.25, -0.2) is 10.1 Å². The molecule has 0 aliphatic rings. The molecule has 142 valence electrons. The molecule has 0 bridgehead atoms. The average Bonchev–Trinajstić information content (AvgIpc) is 2.56. The summed E-state index contributed by atoms with van der Waals surface area (Å²) in [6.45, 7) is 4.40. The lowest BCUT2D eigenvalue weighted by atomic mass is 10.0. The molecule has 0 saturated heterocycles. The van der Waals surface area contributed by atoms with Crippen molar-refractivity contribution in [3.63, 3.8) is 0 Å². The number of unbranched alkanes of at least 4 members (excludes halogenated alkanes) is 6. The summed E-state index contributed by atoms with van der Waals surface area (Å²) >= 11 is 0. The lowest BCUT2D eigenvalue weighted by Crippen LogP contribution is -2.19. The summed E-state index contributed by atoms with van der Waals surface area (Å²) in [4.78, 5) is 16.0. The van der Waals surface area contributed by atoms with Gasteiger partial charge in [0.15, 0.2) is 0 Å². The minimum Gasteiger partial charge on any atom is -0.462 e. The molecule has 0 fully saturated rings. The van der Waals surface area contributed by atoms with Crippen LogP contribution in [0.3, 0.4) is 0 Å². The number of nitrogens with two attached hydrogens (primary N) is 1. The van der Waals surface area contributed by atoms with Crippen LogP contribution in [0.1, 0.15) is 64.2 Å². The second-order valence-electron chi connectivity index (χ2n) is 5.47. The molecule has 0 rings (SSSR count). The Morgan fingerprint density at radius 3 is 2.38 bits per heavy atom. The van der Waals surface area contributed by atoms with E-state index in [4.69, 9.17) is 15.7 Å². The first kappa shape index (κ1) is 23.0. The molecule has 8 heteroatoms. The Kier molecular flexibility index (Phi) is 17.5. The summed E-state index contributed by atoms with van der Waals surface area (Å²) in [7, 11) is 0. The van der Waals surface area contributed by atoms with Crippen molar-refractivity contribution in [2.45, 2.75) is 70.3 Å². The van der Waals surface area contributed by atoms with Crippen LogP contribution in [-0.4, -0.2) is 30.5 Å². The smallest absolute Gasteiger partial charge is 0.307 e. The monoisotopic (exact) mass is 349 g/mol. The van der Waals surface area contributed by atoms with Crippen LogP contribution in [0.2, 0.25) is 0 Å². The minimum atomic E-state index is -0.230. The molecule has 1 unspecified atom stereocenters. The van der Waals surface area contributed by atoms with Crippen molar-refractivity contribution in [2.24, 2.45) is 5.73 Å². The van der Waals surface area contributed by atoms with E-state index in [2.05, 4.69) is 26.6 Å². The van der Waals surface area contributed by atoms with Gasteiger partial charge in [-0.3, -0.25) is 4.79 Å². The van der Waals surface area contributed by atoms with Gasteiger partial charge >= 0.3 is 5.97 Å². The summed E-state index contributed by atoms with van der Waals surface area (Å²) in [5, 5.41) is 18.7. The normalized spacial score (nSPS) is 12.1. The number of carbonyl (C=O) groups is 1. The number of hydrogen-bond donors (Lipinski definition) is 2. The molecule has 24 heavy (non-hydrogen) atoms. The Bertz CT molecular complexity index is 302. The van der Waals surface area contributed by atoms with Crippen molar-refractivity contribution in [1.29, 1.82) is 0 Å². The van der Waals surface area contributed by atoms with Gasteiger partial charge in [-0.15, -0.1) is 6.58 Å². The quantitative estimate of drug-likeness (QED) is 0.128. The predicted molar refractivity (Wildman–Crippen MR) is 87.1 cm³/mol. The number of rotatable bonds is 18. The van der Waals surface area contributed by atoms with E-state index in [1.807, 2.05) is 0 Å². The first-order valence-corrected chi connectivity index (χ1v) is 8.51. The number of hydrogen-bond acceptors (Lipinski definition) is 8. The number of esters is 1. The van der Waals surface area contributed by atoms with Crippen LogP contribution in [0.15, 0.2) is 12.7 Å². The van der Waals surface area contributed by atoms with Gasteiger partial charge in [0.05, 0.1) is 13.0 Å². The lowest BCUT2D eigenvalue weighted by Gasteiger charge is -2.16. The third kappa shape index (κ3) is 15.9. The number of ether oxygens (including phenoxy) is 1. The van der Waals surface area contributed by atoms with Crippen molar-refractivity contribution in [1.82, 2.24) is 0 Å². The van der Waals surface area contributed by atoms with E-state index in [-0.39, 0.29) is 18.5 Å². The van der Waals surface area contributed by atoms with E-state index < -0.39 is 0 Å². The van der Waals surface area contributed by atoms with E-state index in [0.717, 1.165) is 51.4 Å². The second kappa shape index (κ2) is 18.3. The van der Waals surface area contributed by atoms with Crippen molar-refractivity contribution in [3.05, 3.63) is 12.7 Å². The first-order chi connectivity index (χ1) is 11.7. The molecule has 0 radical (unpaired) electrons. The van der Waals surface area contributed by atoms with Gasteiger partial charge < -0.3 is 10.5 Å². The van der Waals surface area contributed by atoms with Gasteiger partial charge in [-0.05, 0) is 34.4 Å². The van der Waals surface area contributed by atoms with Gasteiger partial charge in [0, 0.05) is 13.0 Å². The molecule has 0 aromatic carbocycles. The molecule has 0 saturated carbocycles. The molecule has 0 aliphatic carbocycles. The van der Waals surface area contributed by atoms with Gasteiger partial charge in [-0.2, -0.15) is 0 Å². The van der Waals surface area contributed by atoms with Gasteiger partial charge in [0.1, 0.15) is 6.10 Å². The standard InChI is InChI=1S/C16H31NO7/c1-2-10-15(21-16(18)12-13-17)11-8-6-4-3-5-7-9-14-20-23-24-22-19/h2,15,19H,1,3-14,17H2. The van der Waals surface area contributed by atoms with E-state index in [1.165, 1.54) is 0 Å². The fourth-order valence-corrected chi connectivity index (χ4v) is 2.26. The van der Waals surface area contributed by atoms with Crippen LogP contribution in [0.4, 0.5) is 0 Å². The lowest BCUT2D eigenvalue weighted by molar-refractivity contribution is -0.702. The molecular weight excluding hydrogens is 318 g/mol. The van der Waals surface area contributed by atoms with Gasteiger partial charge in [0.2, 0.25) is 0 Å². The summed E-state index contributed by atoms with van der Waals surface area (Å²) in [6.07, 6.45) is 10.9. The second-order valence-corrected chi connectivity index (χ2v) is 5.47. The summed E-state index contributed by atoms with van der Waals surface area (Å²) < 4.78 is 5.38. The van der Waals surface area contributed by atoms with E-state index >= 15 is 0 Å². The van der Waals surface area contributed by atoms with Crippen molar-refractivity contribution in [2.75, 3.05) is 13.2 Å². The van der Waals surface area contributed by atoms with Gasteiger partial charge in [-0.1, -0.05) is 38.2 Å². The third-order valence-electron chi connectivity index (χ3n) is 3.44. The van der Waals surface area contributed by atoms with Crippen LogP contribution in [-0.2, 0) is 29.5 Å². The Balaban J connectivity index is 3.45. The molecule has 3 N–H and O–H groups in total. The zero-order valence-electron chi connectivity index (χ0n) is 14.3. The largest absolute Gasteiger partial charge is 0.462 e. The van der Waals surface area contributed by atoms with Gasteiger partial charge in [0.25, 0.3) is 0 Å². The molecule has 0 amide bonds. The maximum absolute atomic E-state index is 11.5. The summed E-state index contributed by atoms with van der Waals surface area (Å²) in [5.74, 6) is -0.230. The highest BCUT2D eigenvalue weighted by atomic mass is 17.8. The molecule has 0 heterocycles. The van der Waals surface area contributed by atoms with E-state index in [1.54, 1.807) is 6.08 Å². The molecule has 0 aromatic rings. The van der Waals surface area contributed by atoms with Crippen LogP contribution in [0.5, 0.6) is 0 Å². The van der Waals surface area contributed by atoms with Crippen LogP contribution < -0.4 is 5.73 Å². The number of carbonyl (C=O) groups excluding carboxylic acids is 1. The highest BCUT2D eigenvalue weighted by Crippen LogP contribution is 2.14. The SMILES string of the molecule is C=CCC(CCCCCCCCCOOOOO)OC(=O)CCN. The topological polar surface area (TPSA) is 109 Å². The Labute approximate surface area is 143 Å². The fraction of sp³-hybridized carbons (Fsp3) is 0.812. The van der Waals surface area contributed by atoms with E-state index in [0.29, 0.717) is 19.6 Å². The van der Waals surface area contributed by atoms with Crippen molar-refractivity contribution >= 4 is 5.97 Å². The van der Waals surface area contributed by atoms with E-state index in [9.17, 15) is 4.79 Å². The highest BCUT2D eigenvalue weighted by molar-refractivity contribution is 5.69. The Hall–Kier alpha value is -1.03. The molecule has 0 aliphatic heterocycles. The van der Waals surface area contributed by atoms with Crippen LogP contribution >= 0.6 is 0 Å². The van der Waals surface area contributed by atoms with Crippen LogP contribution in [0.25, 0.3) is 0 Å². The molecule has 0 aromatic heterocycles.